The summed E-state index contributed by atoms with van der Waals surface area (Å²) in [5, 5.41) is 6.23. The molecule has 2 fully saturated rings. The molecule has 2 N–H and O–H groups in total. The summed E-state index contributed by atoms with van der Waals surface area (Å²) >= 11 is 0. The lowest BCUT2D eigenvalue weighted by Crippen LogP contribution is -2.45. The van der Waals surface area contributed by atoms with Gasteiger partial charge in [0, 0.05) is 25.6 Å². The van der Waals surface area contributed by atoms with Crippen molar-refractivity contribution in [1.29, 1.82) is 0 Å². The van der Waals surface area contributed by atoms with Gasteiger partial charge in [-0.25, -0.2) is 0 Å². The van der Waals surface area contributed by atoms with Gasteiger partial charge in [-0.3, -0.25) is 9.59 Å². The van der Waals surface area contributed by atoms with Gasteiger partial charge in [0.1, 0.15) is 0 Å². The van der Waals surface area contributed by atoms with Gasteiger partial charge in [-0.1, -0.05) is 12.8 Å². The van der Waals surface area contributed by atoms with Crippen molar-refractivity contribution in [3.8, 4) is 0 Å². The molecular weight excluding hydrogens is 266 g/mol. The summed E-state index contributed by atoms with van der Waals surface area (Å²) in [7, 11) is 0. The standard InChI is InChI=1S/C16H29N3O2/c1-13(16(21)19-11-4-2-3-5-12-19)17-10-6-7-15(20)18-14-8-9-14/h13-14,17H,2-12H2,1H3,(H,18,20). The highest BCUT2D eigenvalue weighted by molar-refractivity contribution is 5.81. The number of nitrogens with one attached hydrogen (secondary N) is 2. The molecule has 21 heavy (non-hydrogen) atoms. The van der Waals surface area contributed by atoms with Crippen LogP contribution in [0, 0.1) is 0 Å². The summed E-state index contributed by atoms with van der Waals surface area (Å²) in [4.78, 5) is 25.9. The molecular formula is C16H29N3O2. The number of carbonyl (C=O) groups excluding carboxylic acids is 2. The van der Waals surface area contributed by atoms with Gasteiger partial charge < -0.3 is 15.5 Å². The van der Waals surface area contributed by atoms with E-state index in [1.807, 2.05) is 11.8 Å². The Hall–Kier alpha value is -1.10. The summed E-state index contributed by atoms with van der Waals surface area (Å²) in [5.41, 5.74) is 0. The number of hydrogen-bond donors (Lipinski definition) is 2. The minimum Gasteiger partial charge on any atom is -0.353 e. The zero-order chi connectivity index (χ0) is 15.1. The van der Waals surface area contributed by atoms with Crippen molar-refractivity contribution in [2.24, 2.45) is 0 Å². The molecule has 2 rings (SSSR count). The minimum absolute atomic E-state index is 0.144. The highest BCUT2D eigenvalue weighted by Crippen LogP contribution is 2.18. The Labute approximate surface area is 127 Å². The number of likely N-dealkylation sites (tertiary alicyclic amines) is 1. The lowest BCUT2D eigenvalue weighted by molar-refractivity contribution is -0.133. The van der Waals surface area contributed by atoms with Crippen molar-refractivity contribution < 1.29 is 9.59 Å². The predicted octanol–water partition coefficient (Wildman–Crippen LogP) is 1.43. The Bertz CT molecular complexity index is 347. The molecule has 1 unspecified atom stereocenters. The largest absolute Gasteiger partial charge is 0.353 e. The molecule has 0 aromatic heterocycles. The number of nitrogens with zero attached hydrogens (tertiary/aromatic N) is 1. The maximum Gasteiger partial charge on any atom is 0.239 e. The lowest BCUT2D eigenvalue weighted by Gasteiger charge is -2.24. The van der Waals surface area contributed by atoms with E-state index in [-0.39, 0.29) is 17.9 Å². The van der Waals surface area contributed by atoms with Gasteiger partial charge in [-0.15, -0.1) is 0 Å². The second-order valence-electron chi connectivity index (χ2n) is 6.36. The second kappa shape index (κ2) is 8.37. The normalized spacial score (nSPS) is 20.7. The van der Waals surface area contributed by atoms with Crippen LogP contribution in [0.4, 0.5) is 0 Å². The molecule has 1 atom stereocenters. The van der Waals surface area contributed by atoms with Crippen LogP contribution in [-0.2, 0) is 9.59 Å². The summed E-state index contributed by atoms with van der Waals surface area (Å²) in [6, 6.07) is 0.295. The van der Waals surface area contributed by atoms with Crippen LogP contribution in [0.3, 0.4) is 0 Å². The molecule has 0 radical (unpaired) electrons. The first-order valence-electron chi connectivity index (χ1n) is 8.48. The first-order chi connectivity index (χ1) is 10.2. The van der Waals surface area contributed by atoms with Crippen LogP contribution >= 0.6 is 0 Å². The fourth-order valence-electron chi connectivity index (χ4n) is 2.75. The van der Waals surface area contributed by atoms with Crippen molar-refractivity contribution in [1.82, 2.24) is 15.5 Å². The summed E-state index contributed by atoms with van der Waals surface area (Å²) in [5.74, 6) is 0.352. The zero-order valence-corrected chi connectivity index (χ0v) is 13.2. The molecule has 0 aromatic carbocycles. The average Bonchev–Trinajstić information content (AvgIpc) is 3.29. The molecule has 5 nitrogen and oxygen atoms in total. The Morgan fingerprint density at radius 3 is 2.43 bits per heavy atom. The molecule has 1 saturated heterocycles. The fourth-order valence-corrected chi connectivity index (χ4v) is 2.75. The van der Waals surface area contributed by atoms with E-state index in [4.69, 9.17) is 0 Å². The number of hydrogen-bond acceptors (Lipinski definition) is 3. The van der Waals surface area contributed by atoms with Crippen LogP contribution < -0.4 is 10.6 Å². The minimum atomic E-state index is -0.144. The quantitative estimate of drug-likeness (QED) is 0.698. The molecule has 1 aliphatic carbocycles. The van der Waals surface area contributed by atoms with Gasteiger partial charge >= 0.3 is 0 Å². The Morgan fingerprint density at radius 1 is 1.14 bits per heavy atom. The van der Waals surface area contributed by atoms with E-state index < -0.39 is 0 Å². The molecule has 0 aromatic rings. The third kappa shape index (κ3) is 6.04. The van der Waals surface area contributed by atoms with Gasteiger partial charge in [-0.2, -0.15) is 0 Å². The number of rotatable bonds is 7. The molecule has 0 bridgehead atoms. The summed E-state index contributed by atoms with van der Waals surface area (Å²) < 4.78 is 0. The monoisotopic (exact) mass is 295 g/mol. The molecule has 1 aliphatic heterocycles. The van der Waals surface area contributed by atoms with Gasteiger partial charge in [-0.05, 0) is 45.6 Å². The molecule has 5 heteroatoms. The van der Waals surface area contributed by atoms with Crippen molar-refractivity contribution in [3.05, 3.63) is 0 Å². The fraction of sp³-hybridized carbons (Fsp3) is 0.875. The van der Waals surface area contributed by atoms with Gasteiger partial charge in [0.15, 0.2) is 0 Å². The number of carbonyl (C=O) groups is 2. The average molecular weight is 295 g/mol. The summed E-state index contributed by atoms with van der Waals surface area (Å²) in [6.07, 6.45) is 8.32. The first kappa shape index (κ1) is 16.3. The molecule has 1 saturated carbocycles. The highest BCUT2D eigenvalue weighted by Gasteiger charge is 2.23. The van der Waals surface area contributed by atoms with E-state index >= 15 is 0 Å². The molecule has 0 spiro atoms. The van der Waals surface area contributed by atoms with Crippen LogP contribution in [0.5, 0.6) is 0 Å². The van der Waals surface area contributed by atoms with E-state index in [2.05, 4.69) is 10.6 Å². The van der Waals surface area contributed by atoms with E-state index in [0.717, 1.165) is 51.7 Å². The molecule has 120 valence electrons. The maximum atomic E-state index is 12.3. The first-order valence-corrected chi connectivity index (χ1v) is 8.48. The Kier molecular flexibility index (Phi) is 6.49. The van der Waals surface area contributed by atoms with Crippen LogP contribution in [0.25, 0.3) is 0 Å². The third-order valence-electron chi connectivity index (χ3n) is 4.26. The Morgan fingerprint density at radius 2 is 1.81 bits per heavy atom. The van der Waals surface area contributed by atoms with Crippen molar-refractivity contribution >= 4 is 11.8 Å². The Balaban J connectivity index is 1.57. The van der Waals surface area contributed by atoms with E-state index in [9.17, 15) is 9.59 Å². The maximum absolute atomic E-state index is 12.3. The van der Waals surface area contributed by atoms with Crippen molar-refractivity contribution in [2.75, 3.05) is 19.6 Å². The molecule has 1 heterocycles. The predicted molar refractivity (Wildman–Crippen MR) is 82.9 cm³/mol. The second-order valence-corrected chi connectivity index (χ2v) is 6.36. The lowest BCUT2D eigenvalue weighted by atomic mass is 10.2. The van der Waals surface area contributed by atoms with Crippen LogP contribution in [0.1, 0.15) is 58.3 Å². The van der Waals surface area contributed by atoms with Crippen molar-refractivity contribution in [3.63, 3.8) is 0 Å². The van der Waals surface area contributed by atoms with Gasteiger partial charge in [0.05, 0.1) is 6.04 Å². The van der Waals surface area contributed by atoms with Crippen LogP contribution in [0.2, 0.25) is 0 Å². The number of amides is 2. The topological polar surface area (TPSA) is 61.4 Å². The third-order valence-corrected chi connectivity index (χ3v) is 4.26. The molecule has 2 amide bonds. The molecule has 2 aliphatic rings. The summed E-state index contributed by atoms with van der Waals surface area (Å²) in [6.45, 7) is 4.44. The SMILES string of the molecule is CC(NCCCC(=O)NC1CC1)C(=O)N1CCCCCC1. The highest BCUT2D eigenvalue weighted by atomic mass is 16.2. The van der Waals surface area contributed by atoms with E-state index in [0.29, 0.717) is 12.5 Å². The van der Waals surface area contributed by atoms with Crippen molar-refractivity contribution in [2.45, 2.75) is 70.4 Å². The van der Waals surface area contributed by atoms with Crippen LogP contribution in [-0.4, -0.2) is 48.4 Å². The van der Waals surface area contributed by atoms with Gasteiger partial charge in [0.2, 0.25) is 11.8 Å². The van der Waals surface area contributed by atoms with E-state index in [1.165, 1.54) is 12.8 Å². The van der Waals surface area contributed by atoms with E-state index in [1.54, 1.807) is 0 Å². The zero-order valence-electron chi connectivity index (χ0n) is 13.2. The van der Waals surface area contributed by atoms with Crippen LogP contribution in [0.15, 0.2) is 0 Å². The van der Waals surface area contributed by atoms with Gasteiger partial charge in [0.25, 0.3) is 0 Å². The smallest absolute Gasteiger partial charge is 0.239 e.